The topological polar surface area (TPSA) is 151 Å². The summed E-state index contributed by atoms with van der Waals surface area (Å²) in [5.41, 5.74) is 5.34. The molecule has 1 amide bonds. The van der Waals surface area contributed by atoms with Crippen LogP contribution in [0.1, 0.15) is 168 Å². The van der Waals surface area contributed by atoms with E-state index in [0.29, 0.717) is 12.8 Å². The predicted octanol–water partition coefficient (Wildman–Crippen LogP) is 8.24. The van der Waals surface area contributed by atoms with E-state index >= 15 is 0 Å². The highest BCUT2D eigenvalue weighted by molar-refractivity contribution is 7.47. The molecule has 0 aliphatic carbocycles. The minimum Gasteiger partial charge on any atom is -0.393 e. The first kappa shape index (κ1) is 44.2. The maximum absolute atomic E-state index is 12.7. The molecule has 6 N–H and O–H groups in total. The fourth-order valence-electron chi connectivity index (χ4n) is 5.34. The average molecular weight is 663 g/mol. The summed E-state index contributed by atoms with van der Waals surface area (Å²) >= 11 is 0. The molecule has 0 rings (SSSR count). The number of carbonyl (C=O) groups excluding carboxylic acids is 1. The summed E-state index contributed by atoms with van der Waals surface area (Å²) in [6, 6.07) is -0.897. The Morgan fingerprint density at radius 3 is 1.76 bits per heavy atom. The van der Waals surface area contributed by atoms with Gasteiger partial charge in [-0.25, -0.2) is 4.57 Å². The molecule has 0 heterocycles. The maximum Gasteiger partial charge on any atom is 0.472 e. The molecule has 0 radical (unpaired) electrons. The van der Waals surface area contributed by atoms with Crippen molar-refractivity contribution in [3.05, 3.63) is 12.2 Å². The Kier molecular flexibility index (Phi) is 31.2. The summed E-state index contributed by atoms with van der Waals surface area (Å²) in [6.45, 7) is 3.96. The molecule has 268 valence electrons. The summed E-state index contributed by atoms with van der Waals surface area (Å²) in [6.07, 6.45) is 28.4. The van der Waals surface area contributed by atoms with E-state index in [9.17, 15) is 24.5 Å². The summed E-state index contributed by atoms with van der Waals surface area (Å²) < 4.78 is 22.0. The lowest BCUT2D eigenvalue weighted by atomic mass is 10.0. The average Bonchev–Trinajstić information content (AvgIpc) is 3.01. The monoisotopic (exact) mass is 662 g/mol. The molecule has 0 saturated heterocycles. The first-order chi connectivity index (χ1) is 21.8. The summed E-state index contributed by atoms with van der Waals surface area (Å²) in [7, 11) is -4.36. The fraction of sp³-hybridized carbons (Fsp3) is 0.914. The molecule has 0 aliphatic rings. The normalized spacial score (nSPS) is 15.2. The van der Waals surface area contributed by atoms with Crippen molar-refractivity contribution < 1.29 is 33.5 Å². The van der Waals surface area contributed by atoms with Crippen molar-refractivity contribution in [3.63, 3.8) is 0 Å². The van der Waals surface area contributed by atoms with Gasteiger partial charge in [0.25, 0.3) is 0 Å². The highest BCUT2D eigenvalue weighted by Crippen LogP contribution is 2.43. The molecular weight excluding hydrogens is 591 g/mol. The van der Waals surface area contributed by atoms with E-state index in [1.54, 1.807) is 0 Å². The molecule has 9 nitrogen and oxygen atoms in total. The predicted molar refractivity (Wildman–Crippen MR) is 186 cm³/mol. The molecule has 0 aromatic carbocycles. The van der Waals surface area contributed by atoms with Crippen LogP contribution in [-0.4, -0.2) is 59.0 Å². The van der Waals surface area contributed by atoms with Gasteiger partial charge in [-0.3, -0.25) is 13.8 Å². The number of carbonyl (C=O) groups is 1. The van der Waals surface area contributed by atoms with Crippen LogP contribution in [0.5, 0.6) is 0 Å². The zero-order valence-corrected chi connectivity index (χ0v) is 29.9. The van der Waals surface area contributed by atoms with E-state index < -0.39 is 32.0 Å². The third-order valence-electron chi connectivity index (χ3n) is 8.17. The number of amides is 1. The Hall–Kier alpha value is -0.800. The zero-order valence-electron chi connectivity index (χ0n) is 29.0. The number of phosphoric acid groups is 1. The lowest BCUT2D eigenvalue weighted by Gasteiger charge is -2.25. The number of hydrogen-bond acceptors (Lipinski definition) is 7. The lowest BCUT2D eigenvalue weighted by Crippen LogP contribution is -2.47. The van der Waals surface area contributed by atoms with E-state index in [4.69, 9.17) is 14.8 Å². The molecule has 0 bridgehead atoms. The molecule has 45 heavy (non-hydrogen) atoms. The van der Waals surface area contributed by atoms with E-state index in [2.05, 4.69) is 31.3 Å². The van der Waals surface area contributed by atoms with Crippen LogP contribution in [0.25, 0.3) is 0 Å². The van der Waals surface area contributed by atoms with Crippen molar-refractivity contribution >= 4 is 13.7 Å². The van der Waals surface area contributed by atoms with Crippen LogP contribution in [0.3, 0.4) is 0 Å². The van der Waals surface area contributed by atoms with Gasteiger partial charge >= 0.3 is 7.82 Å². The van der Waals surface area contributed by atoms with Crippen LogP contribution < -0.4 is 11.1 Å². The van der Waals surface area contributed by atoms with E-state index in [1.165, 1.54) is 89.9 Å². The molecule has 0 aliphatic heterocycles. The van der Waals surface area contributed by atoms with Crippen LogP contribution in [0.4, 0.5) is 0 Å². The number of nitrogens with two attached hydrogens (primary N) is 1. The number of allylic oxidation sites excluding steroid dienone is 2. The van der Waals surface area contributed by atoms with Crippen LogP contribution in [0.15, 0.2) is 12.2 Å². The van der Waals surface area contributed by atoms with Crippen molar-refractivity contribution in [2.24, 2.45) is 5.73 Å². The van der Waals surface area contributed by atoms with Crippen molar-refractivity contribution in [1.29, 1.82) is 0 Å². The number of unbranched alkanes of at least 4 members (excludes halogenated alkanes) is 18. The van der Waals surface area contributed by atoms with Gasteiger partial charge in [-0.05, 0) is 32.1 Å². The lowest BCUT2D eigenvalue weighted by molar-refractivity contribution is -0.125. The maximum atomic E-state index is 12.7. The van der Waals surface area contributed by atoms with Gasteiger partial charge in [-0.1, -0.05) is 142 Å². The van der Waals surface area contributed by atoms with E-state index in [-0.39, 0.29) is 26.2 Å². The Bertz CT molecular complexity index is 741. The Labute approximate surface area is 276 Å². The summed E-state index contributed by atoms with van der Waals surface area (Å²) in [5, 5.41) is 23.9. The second-order valence-electron chi connectivity index (χ2n) is 12.6. The third kappa shape index (κ3) is 30.3. The van der Waals surface area contributed by atoms with Crippen LogP contribution in [0.2, 0.25) is 0 Å². The second-order valence-corrected chi connectivity index (χ2v) is 14.1. The van der Waals surface area contributed by atoms with Crippen molar-refractivity contribution in [3.8, 4) is 0 Å². The Morgan fingerprint density at radius 2 is 1.22 bits per heavy atom. The molecular formula is C35H71N2O7P. The standard InChI is InChI=1S/C35H71N2O7P/c1-3-5-7-9-11-13-14-15-16-17-18-19-21-23-25-27-34(39)33(31-44-45(41,42)43-29-28-36)37-35(40)30-32(38)26-24-22-20-12-10-8-6-4-2/h10,12,32-34,38-39H,3-9,11,13-31,36H2,1-2H3,(H,37,40)(H,41,42)/b12-10-. The minimum absolute atomic E-state index is 0.0585. The van der Waals surface area contributed by atoms with Gasteiger partial charge in [0.05, 0.1) is 37.9 Å². The number of phosphoric ester groups is 1. The van der Waals surface area contributed by atoms with Gasteiger partial charge in [0.15, 0.2) is 0 Å². The summed E-state index contributed by atoms with van der Waals surface area (Å²) in [4.78, 5) is 22.6. The SMILES string of the molecule is CCCC/C=C\CCCCC(O)CC(=O)NC(COP(=O)(O)OCCN)C(O)CCCCCCCCCCCCCCCCC. The van der Waals surface area contributed by atoms with Crippen LogP contribution >= 0.6 is 7.82 Å². The number of rotatable bonds is 34. The van der Waals surface area contributed by atoms with Gasteiger partial charge < -0.3 is 26.2 Å². The minimum atomic E-state index is -4.36. The fourth-order valence-corrected chi connectivity index (χ4v) is 6.10. The number of aliphatic hydroxyl groups excluding tert-OH is 2. The number of nitrogens with one attached hydrogen (secondary N) is 1. The Balaban J connectivity index is 4.38. The number of hydrogen-bond donors (Lipinski definition) is 5. The molecule has 0 aromatic heterocycles. The molecule has 0 aromatic rings. The highest BCUT2D eigenvalue weighted by Gasteiger charge is 2.28. The van der Waals surface area contributed by atoms with Gasteiger partial charge in [-0.2, -0.15) is 0 Å². The van der Waals surface area contributed by atoms with Gasteiger partial charge in [-0.15, -0.1) is 0 Å². The van der Waals surface area contributed by atoms with E-state index in [0.717, 1.165) is 44.9 Å². The van der Waals surface area contributed by atoms with Crippen LogP contribution in [0, 0.1) is 0 Å². The number of aliphatic hydroxyl groups is 2. The summed E-state index contributed by atoms with van der Waals surface area (Å²) in [5.74, 6) is -0.429. The third-order valence-corrected chi connectivity index (χ3v) is 9.16. The highest BCUT2D eigenvalue weighted by atomic mass is 31.2. The second kappa shape index (κ2) is 31.8. The first-order valence-electron chi connectivity index (χ1n) is 18.4. The van der Waals surface area contributed by atoms with Crippen molar-refractivity contribution in [2.75, 3.05) is 19.8 Å². The molecule has 0 spiro atoms. The van der Waals surface area contributed by atoms with Crippen molar-refractivity contribution in [1.82, 2.24) is 5.32 Å². The molecule has 4 unspecified atom stereocenters. The van der Waals surface area contributed by atoms with Gasteiger partial charge in [0.2, 0.25) is 5.91 Å². The van der Waals surface area contributed by atoms with Crippen LogP contribution in [-0.2, 0) is 18.4 Å². The zero-order chi connectivity index (χ0) is 33.4. The molecule has 0 fully saturated rings. The Morgan fingerprint density at radius 1 is 0.733 bits per heavy atom. The largest absolute Gasteiger partial charge is 0.472 e. The van der Waals surface area contributed by atoms with E-state index in [1.807, 2.05) is 0 Å². The van der Waals surface area contributed by atoms with Crippen molar-refractivity contribution in [2.45, 2.75) is 186 Å². The molecule has 4 atom stereocenters. The van der Waals surface area contributed by atoms with Gasteiger partial charge in [0.1, 0.15) is 0 Å². The quantitative estimate of drug-likeness (QED) is 0.0263. The first-order valence-corrected chi connectivity index (χ1v) is 19.9. The molecule has 10 heteroatoms. The molecule has 0 saturated carbocycles. The van der Waals surface area contributed by atoms with Gasteiger partial charge in [0, 0.05) is 6.54 Å². The smallest absolute Gasteiger partial charge is 0.393 e.